The van der Waals surface area contributed by atoms with E-state index < -0.39 is 0 Å². The van der Waals surface area contributed by atoms with Crippen molar-refractivity contribution in [3.05, 3.63) is 28.8 Å². The van der Waals surface area contributed by atoms with Gasteiger partial charge in [-0.25, -0.2) is 0 Å². The molecule has 0 aliphatic rings. The zero-order valence-corrected chi connectivity index (χ0v) is 12.1. The Kier molecular flexibility index (Phi) is 7.09. The summed E-state index contributed by atoms with van der Waals surface area (Å²) in [6, 6.07) is 5.86. The Labute approximate surface area is 114 Å². The fourth-order valence-electron chi connectivity index (χ4n) is 1.48. The number of halogens is 1. The molecule has 0 saturated heterocycles. The highest BCUT2D eigenvalue weighted by Crippen LogP contribution is 2.25. The van der Waals surface area contributed by atoms with Gasteiger partial charge in [-0.1, -0.05) is 24.6 Å². The van der Waals surface area contributed by atoms with Crippen LogP contribution in [0.5, 0.6) is 5.75 Å². The summed E-state index contributed by atoms with van der Waals surface area (Å²) in [4.78, 5) is 0. The van der Waals surface area contributed by atoms with Crippen molar-refractivity contribution in [3.8, 4) is 5.75 Å². The van der Waals surface area contributed by atoms with E-state index in [1.165, 1.54) is 0 Å². The summed E-state index contributed by atoms with van der Waals surface area (Å²) in [6.45, 7) is 8.95. The number of rotatable bonds is 8. The van der Waals surface area contributed by atoms with Gasteiger partial charge in [0.2, 0.25) is 0 Å². The quantitative estimate of drug-likeness (QED) is 0.736. The second-order valence-electron chi connectivity index (χ2n) is 4.31. The molecule has 0 bridgehead atoms. The number of hydrogen-bond acceptors (Lipinski definition) is 3. The molecule has 0 atom stereocenters. The standard InChI is InChI=1S/C14H22ClNO2/c1-4-16-10-12-5-6-14(13(15)9-12)18-8-7-17-11(2)3/h5-6,9,11,16H,4,7-8,10H2,1-3H3. The molecule has 102 valence electrons. The summed E-state index contributed by atoms with van der Waals surface area (Å²) in [5, 5.41) is 3.90. The van der Waals surface area contributed by atoms with E-state index in [2.05, 4.69) is 12.2 Å². The molecule has 0 fully saturated rings. The number of ether oxygens (including phenoxy) is 2. The average molecular weight is 272 g/mol. The first-order valence-corrected chi connectivity index (χ1v) is 6.74. The number of benzene rings is 1. The van der Waals surface area contributed by atoms with E-state index in [-0.39, 0.29) is 6.10 Å². The first-order valence-electron chi connectivity index (χ1n) is 6.37. The van der Waals surface area contributed by atoms with Crippen LogP contribution < -0.4 is 10.1 Å². The van der Waals surface area contributed by atoms with E-state index in [9.17, 15) is 0 Å². The molecule has 0 heterocycles. The summed E-state index contributed by atoms with van der Waals surface area (Å²) < 4.78 is 11.0. The van der Waals surface area contributed by atoms with Crippen LogP contribution >= 0.6 is 11.6 Å². The monoisotopic (exact) mass is 271 g/mol. The van der Waals surface area contributed by atoms with Crippen molar-refractivity contribution >= 4 is 11.6 Å². The van der Waals surface area contributed by atoms with Crippen LogP contribution in [0.4, 0.5) is 0 Å². The van der Waals surface area contributed by atoms with Crippen LogP contribution in [0.15, 0.2) is 18.2 Å². The van der Waals surface area contributed by atoms with Crippen LogP contribution in [-0.4, -0.2) is 25.9 Å². The van der Waals surface area contributed by atoms with Crippen molar-refractivity contribution in [2.45, 2.75) is 33.4 Å². The lowest BCUT2D eigenvalue weighted by molar-refractivity contribution is 0.0553. The average Bonchev–Trinajstić information content (AvgIpc) is 2.33. The van der Waals surface area contributed by atoms with E-state index in [1.807, 2.05) is 32.0 Å². The van der Waals surface area contributed by atoms with Gasteiger partial charge in [0.25, 0.3) is 0 Å². The third-order valence-electron chi connectivity index (χ3n) is 2.37. The molecule has 0 radical (unpaired) electrons. The Morgan fingerprint density at radius 1 is 1.28 bits per heavy atom. The molecular weight excluding hydrogens is 250 g/mol. The van der Waals surface area contributed by atoms with Crippen molar-refractivity contribution in [2.75, 3.05) is 19.8 Å². The Hall–Kier alpha value is -0.770. The summed E-state index contributed by atoms with van der Waals surface area (Å²) in [5.74, 6) is 0.712. The van der Waals surface area contributed by atoms with Gasteiger partial charge in [0.05, 0.1) is 17.7 Å². The summed E-state index contributed by atoms with van der Waals surface area (Å²) in [6.07, 6.45) is 0.228. The predicted molar refractivity (Wildman–Crippen MR) is 75.4 cm³/mol. The Morgan fingerprint density at radius 2 is 2.06 bits per heavy atom. The van der Waals surface area contributed by atoms with Crippen LogP contribution in [-0.2, 0) is 11.3 Å². The minimum absolute atomic E-state index is 0.228. The predicted octanol–water partition coefficient (Wildman–Crippen LogP) is 3.25. The highest BCUT2D eigenvalue weighted by Gasteiger charge is 2.03. The van der Waals surface area contributed by atoms with Crippen LogP contribution in [0.3, 0.4) is 0 Å². The SMILES string of the molecule is CCNCc1ccc(OCCOC(C)C)c(Cl)c1. The van der Waals surface area contributed by atoms with E-state index in [4.69, 9.17) is 21.1 Å². The Balaban J connectivity index is 2.42. The highest BCUT2D eigenvalue weighted by atomic mass is 35.5. The van der Waals surface area contributed by atoms with Crippen molar-refractivity contribution in [1.29, 1.82) is 0 Å². The third kappa shape index (κ3) is 5.71. The van der Waals surface area contributed by atoms with Crippen LogP contribution in [0.2, 0.25) is 5.02 Å². The molecule has 3 nitrogen and oxygen atoms in total. The van der Waals surface area contributed by atoms with Gasteiger partial charge in [-0.2, -0.15) is 0 Å². The Bertz CT molecular complexity index is 356. The van der Waals surface area contributed by atoms with Crippen molar-refractivity contribution < 1.29 is 9.47 Å². The fourth-order valence-corrected chi connectivity index (χ4v) is 1.73. The highest BCUT2D eigenvalue weighted by molar-refractivity contribution is 6.32. The van der Waals surface area contributed by atoms with Gasteiger partial charge in [0.15, 0.2) is 0 Å². The van der Waals surface area contributed by atoms with Gasteiger partial charge in [0.1, 0.15) is 12.4 Å². The number of hydrogen-bond donors (Lipinski definition) is 1. The molecule has 18 heavy (non-hydrogen) atoms. The van der Waals surface area contributed by atoms with E-state index in [1.54, 1.807) is 0 Å². The Morgan fingerprint density at radius 3 is 2.67 bits per heavy atom. The van der Waals surface area contributed by atoms with Gasteiger partial charge in [-0.3, -0.25) is 0 Å². The molecule has 0 saturated carbocycles. The van der Waals surface area contributed by atoms with Gasteiger partial charge >= 0.3 is 0 Å². The fraction of sp³-hybridized carbons (Fsp3) is 0.571. The van der Waals surface area contributed by atoms with Crippen LogP contribution in [0, 0.1) is 0 Å². The maximum absolute atomic E-state index is 6.16. The topological polar surface area (TPSA) is 30.5 Å². The second kappa shape index (κ2) is 8.35. The van der Waals surface area contributed by atoms with Crippen molar-refractivity contribution in [2.24, 2.45) is 0 Å². The van der Waals surface area contributed by atoms with E-state index in [0.717, 1.165) is 18.7 Å². The molecule has 0 unspecified atom stereocenters. The second-order valence-corrected chi connectivity index (χ2v) is 4.72. The van der Waals surface area contributed by atoms with Gasteiger partial charge in [-0.05, 0) is 38.1 Å². The molecule has 1 N–H and O–H groups in total. The molecule has 0 aromatic heterocycles. The molecule has 1 aromatic carbocycles. The van der Waals surface area contributed by atoms with E-state index in [0.29, 0.717) is 24.0 Å². The zero-order valence-electron chi connectivity index (χ0n) is 11.3. The summed E-state index contributed by atoms with van der Waals surface area (Å²) in [5.41, 5.74) is 1.16. The lowest BCUT2D eigenvalue weighted by Crippen LogP contribution is -2.12. The summed E-state index contributed by atoms with van der Waals surface area (Å²) >= 11 is 6.16. The van der Waals surface area contributed by atoms with Gasteiger partial charge < -0.3 is 14.8 Å². The first-order chi connectivity index (χ1) is 8.63. The van der Waals surface area contributed by atoms with Crippen LogP contribution in [0.1, 0.15) is 26.3 Å². The molecule has 1 rings (SSSR count). The summed E-state index contributed by atoms with van der Waals surface area (Å²) in [7, 11) is 0. The normalized spacial score (nSPS) is 10.9. The molecule has 4 heteroatoms. The van der Waals surface area contributed by atoms with Gasteiger partial charge in [-0.15, -0.1) is 0 Å². The molecule has 1 aromatic rings. The maximum Gasteiger partial charge on any atom is 0.138 e. The molecule has 0 aliphatic heterocycles. The van der Waals surface area contributed by atoms with Crippen molar-refractivity contribution in [1.82, 2.24) is 5.32 Å². The largest absolute Gasteiger partial charge is 0.490 e. The maximum atomic E-state index is 6.16. The lowest BCUT2D eigenvalue weighted by atomic mass is 10.2. The molecular formula is C14H22ClNO2. The van der Waals surface area contributed by atoms with Crippen molar-refractivity contribution in [3.63, 3.8) is 0 Å². The molecule has 0 aliphatic carbocycles. The molecule has 0 amide bonds. The van der Waals surface area contributed by atoms with E-state index >= 15 is 0 Å². The lowest BCUT2D eigenvalue weighted by Gasteiger charge is -2.11. The minimum atomic E-state index is 0.228. The van der Waals surface area contributed by atoms with Crippen LogP contribution in [0.25, 0.3) is 0 Å². The third-order valence-corrected chi connectivity index (χ3v) is 2.66. The first kappa shape index (κ1) is 15.3. The number of nitrogens with one attached hydrogen (secondary N) is 1. The molecule has 0 spiro atoms. The smallest absolute Gasteiger partial charge is 0.138 e. The minimum Gasteiger partial charge on any atom is -0.490 e. The van der Waals surface area contributed by atoms with Gasteiger partial charge in [0, 0.05) is 6.54 Å². The zero-order chi connectivity index (χ0) is 13.4.